The van der Waals surface area contributed by atoms with E-state index in [1.54, 1.807) is 6.08 Å². The zero-order valence-electron chi connectivity index (χ0n) is 8.32. The molecule has 13 heavy (non-hydrogen) atoms. The lowest BCUT2D eigenvalue weighted by atomic mass is 10.1. The Balaban J connectivity index is 2.33. The largest absolute Gasteiger partial charge is 0.390 e. The fourth-order valence-corrected chi connectivity index (χ4v) is 1.38. The van der Waals surface area contributed by atoms with Crippen molar-refractivity contribution in [1.29, 1.82) is 0 Å². The molecule has 1 fully saturated rings. The van der Waals surface area contributed by atoms with Crippen LogP contribution in [-0.4, -0.2) is 29.7 Å². The number of ether oxygens (including phenoxy) is 2. The minimum Gasteiger partial charge on any atom is -0.390 e. The monoisotopic (exact) mass is 186 g/mol. The van der Waals surface area contributed by atoms with E-state index >= 15 is 0 Å². The summed E-state index contributed by atoms with van der Waals surface area (Å²) in [4.78, 5) is 0. The summed E-state index contributed by atoms with van der Waals surface area (Å²) in [5, 5.41) is 9.66. The summed E-state index contributed by atoms with van der Waals surface area (Å²) >= 11 is 0. The van der Waals surface area contributed by atoms with Gasteiger partial charge in [0.05, 0.1) is 12.7 Å². The Morgan fingerprint density at radius 3 is 2.85 bits per heavy atom. The van der Waals surface area contributed by atoms with E-state index in [0.29, 0.717) is 13.0 Å². The van der Waals surface area contributed by atoms with E-state index in [-0.39, 0.29) is 6.10 Å². The summed E-state index contributed by atoms with van der Waals surface area (Å²) in [6, 6.07) is 0. The van der Waals surface area contributed by atoms with Gasteiger partial charge in [-0.1, -0.05) is 6.08 Å². The smallest absolute Gasteiger partial charge is 0.163 e. The van der Waals surface area contributed by atoms with Crippen molar-refractivity contribution >= 4 is 0 Å². The van der Waals surface area contributed by atoms with Gasteiger partial charge in [-0.05, 0) is 26.7 Å². The van der Waals surface area contributed by atoms with Gasteiger partial charge in [0, 0.05) is 0 Å². The van der Waals surface area contributed by atoms with Gasteiger partial charge in [-0.15, -0.1) is 6.58 Å². The molecule has 0 amide bonds. The Kier molecular flexibility index (Phi) is 3.47. The Labute approximate surface area is 79.3 Å². The molecular weight excluding hydrogens is 168 g/mol. The van der Waals surface area contributed by atoms with E-state index in [2.05, 4.69) is 6.58 Å². The molecule has 0 unspecified atom stereocenters. The molecule has 0 aromatic rings. The average Bonchev–Trinajstić information content (AvgIpc) is 2.42. The minimum atomic E-state index is -0.542. The number of aliphatic hydroxyl groups is 1. The highest BCUT2D eigenvalue weighted by molar-refractivity contribution is 4.79. The van der Waals surface area contributed by atoms with E-state index in [9.17, 15) is 5.11 Å². The maximum Gasteiger partial charge on any atom is 0.163 e. The van der Waals surface area contributed by atoms with E-state index in [1.807, 2.05) is 13.8 Å². The first-order valence-electron chi connectivity index (χ1n) is 4.66. The van der Waals surface area contributed by atoms with Gasteiger partial charge in [-0.25, -0.2) is 0 Å². The molecule has 1 aliphatic rings. The molecule has 0 spiro atoms. The second-order valence-electron chi connectivity index (χ2n) is 3.80. The highest BCUT2D eigenvalue weighted by Gasteiger charge is 2.36. The topological polar surface area (TPSA) is 38.7 Å². The third-order valence-electron chi connectivity index (χ3n) is 2.13. The van der Waals surface area contributed by atoms with Crippen LogP contribution in [0.15, 0.2) is 12.7 Å². The molecule has 3 heteroatoms. The van der Waals surface area contributed by atoms with Crippen LogP contribution >= 0.6 is 0 Å². The second-order valence-corrected chi connectivity index (χ2v) is 3.80. The lowest BCUT2D eigenvalue weighted by Gasteiger charge is -2.19. The predicted molar refractivity (Wildman–Crippen MR) is 50.3 cm³/mol. The van der Waals surface area contributed by atoms with Gasteiger partial charge in [-0.3, -0.25) is 0 Å². The quantitative estimate of drug-likeness (QED) is 0.676. The zero-order chi connectivity index (χ0) is 9.90. The number of aliphatic hydroxyl groups excluding tert-OH is 1. The first-order valence-corrected chi connectivity index (χ1v) is 4.66. The van der Waals surface area contributed by atoms with Gasteiger partial charge in [0.15, 0.2) is 5.79 Å². The first kappa shape index (κ1) is 10.7. The average molecular weight is 186 g/mol. The predicted octanol–water partition coefficient (Wildman–Crippen LogP) is 1.46. The van der Waals surface area contributed by atoms with Crippen LogP contribution in [0, 0.1) is 0 Å². The molecule has 0 aliphatic carbocycles. The highest BCUT2D eigenvalue weighted by Crippen LogP contribution is 2.25. The van der Waals surface area contributed by atoms with Crippen LogP contribution in [0.4, 0.5) is 0 Å². The molecular formula is C10H18O3. The van der Waals surface area contributed by atoms with Crippen molar-refractivity contribution in [2.45, 2.75) is 44.7 Å². The fraction of sp³-hybridized carbons (Fsp3) is 0.800. The highest BCUT2D eigenvalue weighted by atomic mass is 16.7. The molecule has 0 aromatic carbocycles. The molecule has 1 aliphatic heterocycles. The van der Waals surface area contributed by atoms with Crippen molar-refractivity contribution in [2.24, 2.45) is 0 Å². The van der Waals surface area contributed by atoms with Crippen molar-refractivity contribution in [3.63, 3.8) is 0 Å². The van der Waals surface area contributed by atoms with Crippen LogP contribution in [0.1, 0.15) is 26.7 Å². The van der Waals surface area contributed by atoms with Crippen molar-refractivity contribution in [2.75, 3.05) is 6.61 Å². The maximum atomic E-state index is 9.66. The van der Waals surface area contributed by atoms with E-state index in [0.717, 1.165) is 6.42 Å². The standard InChI is InChI=1S/C10H18O3/c1-4-5-6-8(11)9-7-12-10(2,3)13-9/h4,8-9,11H,1,5-7H2,2-3H3/t8-,9+/m1/s1. The zero-order valence-corrected chi connectivity index (χ0v) is 8.32. The number of hydrogen-bond acceptors (Lipinski definition) is 3. The van der Waals surface area contributed by atoms with Gasteiger partial charge in [0.1, 0.15) is 6.10 Å². The summed E-state index contributed by atoms with van der Waals surface area (Å²) in [6.45, 7) is 7.79. The lowest BCUT2D eigenvalue weighted by Crippen LogP contribution is -2.30. The molecule has 1 heterocycles. The minimum absolute atomic E-state index is 0.185. The molecule has 0 bridgehead atoms. The Bertz CT molecular complexity index is 177. The van der Waals surface area contributed by atoms with Crippen molar-refractivity contribution in [3.05, 3.63) is 12.7 Å². The van der Waals surface area contributed by atoms with Gasteiger partial charge >= 0.3 is 0 Å². The molecule has 2 atom stereocenters. The van der Waals surface area contributed by atoms with Crippen LogP contribution < -0.4 is 0 Å². The number of allylic oxidation sites excluding steroid dienone is 1. The molecule has 76 valence electrons. The molecule has 0 radical (unpaired) electrons. The maximum absolute atomic E-state index is 9.66. The summed E-state index contributed by atoms with van der Waals surface area (Å²) < 4.78 is 10.8. The number of rotatable bonds is 4. The van der Waals surface area contributed by atoms with Gasteiger partial charge in [0.2, 0.25) is 0 Å². The van der Waals surface area contributed by atoms with Crippen molar-refractivity contribution in [1.82, 2.24) is 0 Å². The molecule has 1 N–H and O–H groups in total. The second kappa shape index (κ2) is 4.22. The normalized spacial score (nSPS) is 28.7. The Morgan fingerprint density at radius 2 is 2.38 bits per heavy atom. The molecule has 3 nitrogen and oxygen atoms in total. The van der Waals surface area contributed by atoms with Gasteiger partial charge in [-0.2, -0.15) is 0 Å². The van der Waals surface area contributed by atoms with E-state index in [1.165, 1.54) is 0 Å². The van der Waals surface area contributed by atoms with Crippen LogP contribution in [0.3, 0.4) is 0 Å². The Morgan fingerprint density at radius 1 is 1.69 bits per heavy atom. The third-order valence-corrected chi connectivity index (χ3v) is 2.13. The van der Waals surface area contributed by atoms with Crippen LogP contribution in [0.2, 0.25) is 0 Å². The molecule has 1 saturated heterocycles. The van der Waals surface area contributed by atoms with Crippen LogP contribution in [0.25, 0.3) is 0 Å². The summed E-state index contributed by atoms with van der Waals surface area (Å²) in [7, 11) is 0. The summed E-state index contributed by atoms with van der Waals surface area (Å²) in [5.74, 6) is -0.542. The SMILES string of the molecule is C=CCC[C@@H](O)[C@@H]1COC(C)(C)O1. The summed E-state index contributed by atoms with van der Waals surface area (Å²) in [5.41, 5.74) is 0. The number of hydrogen-bond donors (Lipinski definition) is 1. The molecule has 1 rings (SSSR count). The Hall–Kier alpha value is -0.380. The van der Waals surface area contributed by atoms with Crippen LogP contribution in [-0.2, 0) is 9.47 Å². The first-order chi connectivity index (χ1) is 6.05. The fourth-order valence-electron chi connectivity index (χ4n) is 1.38. The van der Waals surface area contributed by atoms with Crippen molar-refractivity contribution in [3.8, 4) is 0 Å². The molecule has 0 saturated carbocycles. The molecule has 0 aromatic heterocycles. The van der Waals surface area contributed by atoms with Crippen molar-refractivity contribution < 1.29 is 14.6 Å². The van der Waals surface area contributed by atoms with Gasteiger partial charge < -0.3 is 14.6 Å². The van der Waals surface area contributed by atoms with E-state index < -0.39 is 11.9 Å². The van der Waals surface area contributed by atoms with Crippen LogP contribution in [0.5, 0.6) is 0 Å². The van der Waals surface area contributed by atoms with E-state index in [4.69, 9.17) is 9.47 Å². The summed E-state index contributed by atoms with van der Waals surface area (Å²) in [6.07, 6.45) is 2.66. The third kappa shape index (κ3) is 3.10. The lowest BCUT2D eigenvalue weighted by molar-refractivity contribution is -0.151. The van der Waals surface area contributed by atoms with Gasteiger partial charge in [0.25, 0.3) is 0 Å².